The smallest absolute Gasteiger partial charge is 0.240 e. The molecule has 0 fully saturated rings. The van der Waals surface area contributed by atoms with Crippen LogP contribution in [0.5, 0.6) is 0 Å². The molecule has 0 heterocycles. The van der Waals surface area contributed by atoms with Gasteiger partial charge in [-0.25, -0.2) is 0 Å². The summed E-state index contributed by atoms with van der Waals surface area (Å²) in [7, 11) is 0. The van der Waals surface area contributed by atoms with Crippen molar-refractivity contribution >= 4 is 17.5 Å². The number of hydrogen-bond donors (Lipinski definition) is 1. The van der Waals surface area contributed by atoms with Gasteiger partial charge >= 0.3 is 0 Å². The third-order valence-electron chi connectivity index (χ3n) is 2.24. The van der Waals surface area contributed by atoms with E-state index in [4.69, 9.17) is 17.3 Å². The molecule has 1 aromatic carbocycles. The van der Waals surface area contributed by atoms with Crippen molar-refractivity contribution in [2.75, 3.05) is 0 Å². The lowest BCUT2D eigenvalue weighted by Crippen LogP contribution is -2.18. The Balaban J connectivity index is 3.27. The maximum Gasteiger partial charge on any atom is 0.240 e. The molecule has 0 aromatic heterocycles. The van der Waals surface area contributed by atoms with Crippen molar-refractivity contribution in [2.45, 2.75) is 26.1 Å². The van der Waals surface area contributed by atoms with E-state index >= 15 is 0 Å². The van der Waals surface area contributed by atoms with Crippen molar-refractivity contribution < 1.29 is 4.79 Å². The average molecular weight is 212 g/mol. The predicted molar refractivity (Wildman–Crippen MR) is 58.4 cm³/mol. The zero-order valence-corrected chi connectivity index (χ0v) is 9.35. The minimum Gasteiger partial charge on any atom is -0.368 e. The van der Waals surface area contributed by atoms with E-state index < -0.39 is 11.3 Å². The summed E-state index contributed by atoms with van der Waals surface area (Å²) in [5, 5.41) is -0.726. The maximum atomic E-state index is 11.0. The zero-order chi connectivity index (χ0) is 10.9. The molecule has 76 valence electrons. The molecule has 0 radical (unpaired) electrons. The monoisotopic (exact) mass is 211 g/mol. The first-order valence-electron chi connectivity index (χ1n) is 4.44. The molecule has 0 saturated heterocycles. The summed E-state index contributed by atoms with van der Waals surface area (Å²) in [6.07, 6.45) is 0. The van der Waals surface area contributed by atoms with Crippen molar-refractivity contribution in [3.05, 3.63) is 34.4 Å². The van der Waals surface area contributed by atoms with Crippen LogP contribution < -0.4 is 5.73 Å². The molecule has 1 aromatic rings. The second kappa shape index (κ2) is 4.01. The van der Waals surface area contributed by atoms with Gasteiger partial charge in [-0.3, -0.25) is 4.79 Å². The van der Waals surface area contributed by atoms with Crippen molar-refractivity contribution in [1.82, 2.24) is 0 Å². The minimum atomic E-state index is -0.726. The van der Waals surface area contributed by atoms with Crippen LogP contribution in [0.15, 0.2) is 12.1 Å². The molecule has 1 unspecified atom stereocenters. The molecule has 2 nitrogen and oxygen atoms in total. The lowest BCUT2D eigenvalue weighted by molar-refractivity contribution is -0.117. The highest BCUT2D eigenvalue weighted by Gasteiger charge is 2.18. The topological polar surface area (TPSA) is 43.1 Å². The van der Waals surface area contributed by atoms with Gasteiger partial charge in [-0.2, -0.15) is 0 Å². The van der Waals surface area contributed by atoms with Crippen LogP contribution in [0.2, 0.25) is 0 Å². The molecule has 0 aliphatic carbocycles. The van der Waals surface area contributed by atoms with Crippen molar-refractivity contribution in [3.63, 3.8) is 0 Å². The van der Waals surface area contributed by atoms with Crippen molar-refractivity contribution in [1.29, 1.82) is 0 Å². The fourth-order valence-corrected chi connectivity index (χ4v) is 2.08. The molecular formula is C11H14ClNO. The summed E-state index contributed by atoms with van der Waals surface area (Å²) in [4.78, 5) is 11.0. The number of nitrogens with two attached hydrogens (primary N) is 1. The second-order valence-electron chi connectivity index (χ2n) is 3.58. The summed E-state index contributed by atoms with van der Waals surface area (Å²) in [5.74, 6) is -0.498. The van der Waals surface area contributed by atoms with Crippen LogP contribution in [-0.4, -0.2) is 5.91 Å². The highest BCUT2D eigenvalue weighted by molar-refractivity contribution is 6.30. The van der Waals surface area contributed by atoms with E-state index in [1.807, 2.05) is 32.9 Å². The molecule has 0 spiro atoms. The Kier molecular flexibility index (Phi) is 3.17. The van der Waals surface area contributed by atoms with E-state index in [-0.39, 0.29) is 0 Å². The van der Waals surface area contributed by atoms with Crippen LogP contribution in [0.1, 0.15) is 27.6 Å². The summed E-state index contributed by atoms with van der Waals surface area (Å²) in [5.41, 5.74) is 9.20. The Morgan fingerprint density at radius 2 is 1.71 bits per heavy atom. The molecule has 1 amide bonds. The SMILES string of the molecule is Cc1cc(C)c(C(Cl)C(N)=O)c(C)c1. The van der Waals surface area contributed by atoms with E-state index in [0.717, 1.165) is 22.3 Å². The van der Waals surface area contributed by atoms with E-state index in [1.54, 1.807) is 0 Å². The molecule has 2 N–H and O–H groups in total. The number of carbonyl (C=O) groups is 1. The van der Waals surface area contributed by atoms with Gasteiger partial charge in [-0.1, -0.05) is 17.7 Å². The Morgan fingerprint density at radius 1 is 1.29 bits per heavy atom. The molecule has 0 aliphatic rings. The predicted octanol–water partition coefficient (Wildman–Crippen LogP) is 2.38. The normalized spacial score (nSPS) is 12.6. The van der Waals surface area contributed by atoms with E-state index in [1.165, 1.54) is 0 Å². The van der Waals surface area contributed by atoms with Gasteiger partial charge in [-0.15, -0.1) is 11.6 Å². The summed E-state index contributed by atoms with van der Waals surface area (Å²) < 4.78 is 0. The van der Waals surface area contributed by atoms with Gasteiger partial charge in [0.1, 0.15) is 5.38 Å². The average Bonchev–Trinajstić information content (AvgIpc) is 2.01. The number of aryl methyl sites for hydroxylation is 3. The second-order valence-corrected chi connectivity index (χ2v) is 4.01. The van der Waals surface area contributed by atoms with Crippen molar-refractivity contribution in [2.24, 2.45) is 5.73 Å². The van der Waals surface area contributed by atoms with Gasteiger partial charge in [0, 0.05) is 0 Å². The van der Waals surface area contributed by atoms with Gasteiger partial charge in [0.05, 0.1) is 0 Å². The first kappa shape index (κ1) is 11.1. The lowest BCUT2D eigenvalue weighted by atomic mass is 9.97. The van der Waals surface area contributed by atoms with Gasteiger partial charge in [0.2, 0.25) is 5.91 Å². The number of rotatable bonds is 2. The fourth-order valence-electron chi connectivity index (χ4n) is 1.73. The molecule has 0 saturated carbocycles. The fraction of sp³-hybridized carbons (Fsp3) is 0.364. The van der Waals surface area contributed by atoms with Gasteiger partial charge in [0.25, 0.3) is 0 Å². The number of primary amides is 1. The molecule has 1 rings (SSSR count). The molecular weight excluding hydrogens is 198 g/mol. The highest BCUT2D eigenvalue weighted by Crippen LogP contribution is 2.27. The third kappa shape index (κ3) is 2.07. The van der Waals surface area contributed by atoms with Crippen LogP contribution in [-0.2, 0) is 4.79 Å². The number of amides is 1. The Bertz CT molecular complexity index is 351. The molecule has 0 bridgehead atoms. The largest absolute Gasteiger partial charge is 0.368 e. The maximum absolute atomic E-state index is 11.0. The van der Waals surface area contributed by atoms with E-state index in [9.17, 15) is 4.79 Å². The van der Waals surface area contributed by atoms with Crippen LogP contribution >= 0.6 is 11.6 Å². The molecule has 14 heavy (non-hydrogen) atoms. The van der Waals surface area contributed by atoms with E-state index in [2.05, 4.69) is 0 Å². The van der Waals surface area contributed by atoms with Crippen LogP contribution in [0, 0.1) is 20.8 Å². The highest BCUT2D eigenvalue weighted by atomic mass is 35.5. The van der Waals surface area contributed by atoms with Crippen molar-refractivity contribution in [3.8, 4) is 0 Å². The number of benzene rings is 1. The molecule has 1 atom stereocenters. The third-order valence-corrected chi connectivity index (χ3v) is 2.67. The van der Waals surface area contributed by atoms with Gasteiger partial charge in [-0.05, 0) is 37.5 Å². The number of halogens is 1. The Morgan fingerprint density at radius 3 is 2.07 bits per heavy atom. The van der Waals surface area contributed by atoms with Crippen LogP contribution in [0.3, 0.4) is 0 Å². The summed E-state index contributed by atoms with van der Waals surface area (Å²) in [6, 6.07) is 4.00. The van der Waals surface area contributed by atoms with E-state index in [0.29, 0.717) is 0 Å². The summed E-state index contributed by atoms with van der Waals surface area (Å²) in [6.45, 7) is 5.89. The quantitative estimate of drug-likeness (QED) is 0.750. The van der Waals surface area contributed by atoms with Gasteiger partial charge < -0.3 is 5.73 Å². The standard InChI is InChI=1S/C11H14ClNO/c1-6-4-7(2)9(8(3)5-6)10(12)11(13)14/h4-5,10H,1-3H3,(H2,13,14). The lowest BCUT2D eigenvalue weighted by Gasteiger charge is -2.13. The zero-order valence-electron chi connectivity index (χ0n) is 8.60. The number of alkyl halides is 1. The Labute approximate surface area is 89.1 Å². The molecule has 3 heteroatoms. The van der Waals surface area contributed by atoms with Crippen LogP contribution in [0.25, 0.3) is 0 Å². The Hall–Kier alpha value is -1.02. The first-order valence-corrected chi connectivity index (χ1v) is 4.88. The van der Waals surface area contributed by atoms with Gasteiger partial charge in [0.15, 0.2) is 0 Å². The summed E-state index contributed by atoms with van der Waals surface area (Å²) >= 11 is 5.93. The first-order chi connectivity index (χ1) is 6.43. The minimum absolute atomic E-state index is 0.498. The number of hydrogen-bond acceptors (Lipinski definition) is 1. The van der Waals surface area contributed by atoms with Crippen LogP contribution in [0.4, 0.5) is 0 Å². The molecule has 0 aliphatic heterocycles. The number of carbonyl (C=O) groups excluding carboxylic acids is 1.